The molecule has 0 unspecified atom stereocenters. The number of likely N-dealkylation sites (N-methyl/N-ethyl adjacent to an activating group) is 1. The number of nitrogens with zero attached hydrogens (tertiary/aromatic N) is 2. The maximum absolute atomic E-state index is 11.6. The zero-order valence-corrected chi connectivity index (χ0v) is 9.28. The Morgan fingerprint density at radius 1 is 1.50 bits per heavy atom. The number of hydrogen-bond acceptors (Lipinski definition) is 4. The summed E-state index contributed by atoms with van der Waals surface area (Å²) in [5.74, 6) is -0.652. The van der Waals surface area contributed by atoms with Crippen molar-refractivity contribution in [2.24, 2.45) is 7.05 Å². The third-order valence-corrected chi connectivity index (χ3v) is 1.97. The largest absolute Gasteiger partial charge is 0.396 e. The molecule has 0 saturated carbocycles. The summed E-state index contributed by atoms with van der Waals surface area (Å²) in [6.45, 7) is 2.26. The first-order valence-corrected chi connectivity index (χ1v) is 4.88. The summed E-state index contributed by atoms with van der Waals surface area (Å²) in [7, 11) is 1.61. The van der Waals surface area contributed by atoms with Gasteiger partial charge in [0.15, 0.2) is 0 Å². The minimum atomic E-state index is -0.413. The number of rotatable bonds is 4. The number of amides is 2. The van der Waals surface area contributed by atoms with Gasteiger partial charge < -0.3 is 16.4 Å². The van der Waals surface area contributed by atoms with Crippen LogP contribution in [0.15, 0.2) is 6.20 Å². The molecule has 2 amide bonds. The molecule has 0 aliphatic heterocycles. The van der Waals surface area contributed by atoms with Crippen molar-refractivity contribution < 1.29 is 9.59 Å². The van der Waals surface area contributed by atoms with Crippen LogP contribution in [0.3, 0.4) is 0 Å². The number of nitrogens with one attached hydrogen (secondary N) is 2. The van der Waals surface area contributed by atoms with Gasteiger partial charge in [0.25, 0.3) is 5.91 Å². The summed E-state index contributed by atoms with van der Waals surface area (Å²) >= 11 is 0. The van der Waals surface area contributed by atoms with Crippen LogP contribution in [0, 0.1) is 0 Å². The number of aromatic nitrogens is 2. The van der Waals surface area contributed by atoms with Crippen LogP contribution in [0.25, 0.3) is 0 Å². The van der Waals surface area contributed by atoms with Crippen LogP contribution in [-0.4, -0.2) is 34.7 Å². The first-order chi connectivity index (χ1) is 7.56. The summed E-state index contributed by atoms with van der Waals surface area (Å²) in [6.07, 6.45) is 1.39. The van der Waals surface area contributed by atoms with E-state index in [-0.39, 0.29) is 23.8 Å². The van der Waals surface area contributed by atoms with Gasteiger partial charge in [0.1, 0.15) is 5.69 Å². The van der Waals surface area contributed by atoms with Crippen molar-refractivity contribution in [3.8, 4) is 0 Å². The minimum absolute atomic E-state index is 0.0721. The maximum atomic E-state index is 11.6. The Kier molecular flexibility index (Phi) is 3.87. The fourth-order valence-corrected chi connectivity index (χ4v) is 1.24. The normalized spacial score (nSPS) is 9.88. The quantitative estimate of drug-likeness (QED) is 0.603. The van der Waals surface area contributed by atoms with E-state index in [4.69, 9.17) is 5.73 Å². The van der Waals surface area contributed by atoms with Crippen LogP contribution in [0.4, 0.5) is 5.69 Å². The molecule has 0 aromatic carbocycles. The third-order valence-electron chi connectivity index (χ3n) is 1.97. The second kappa shape index (κ2) is 5.15. The van der Waals surface area contributed by atoms with Crippen LogP contribution >= 0.6 is 0 Å². The highest BCUT2D eigenvalue weighted by molar-refractivity contribution is 5.99. The molecule has 0 aliphatic carbocycles. The van der Waals surface area contributed by atoms with Crippen molar-refractivity contribution in [2.45, 2.75) is 6.92 Å². The third kappa shape index (κ3) is 2.72. The lowest BCUT2D eigenvalue weighted by atomic mass is 10.3. The first-order valence-electron chi connectivity index (χ1n) is 4.88. The molecule has 0 radical (unpaired) electrons. The highest BCUT2D eigenvalue weighted by Crippen LogP contribution is 2.08. The number of hydrogen-bond donors (Lipinski definition) is 3. The Hall–Kier alpha value is -2.05. The van der Waals surface area contributed by atoms with Gasteiger partial charge >= 0.3 is 0 Å². The van der Waals surface area contributed by atoms with Gasteiger partial charge in [-0.05, 0) is 6.92 Å². The molecule has 0 bridgehead atoms. The van der Waals surface area contributed by atoms with Crippen molar-refractivity contribution in [3.05, 3.63) is 11.9 Å². The Bertz CT molecular complexity index is 379. The van der Waals surface area contributed by atoms with Crippen LogP contribution in [0.2, 0.25) is 0 Å². The predicted octanol–water partition coefficient (Wildman–Crippen LogP) is -1.13. The van der Waals surface area contributed by atoms with Crippen molar-refractivity contribution in [1.82, 2.24) is 20.4 Å². The summed E-state index contributed by atoms with van der Waals surface area (Å²) in [6, 6.07) is 0. The molecule has 88 valence electrons. The molecular weight excluding hydrogens is 210 g/mol. The second-order valence-corrected chi connectivity index (χ2v) is 3.21. The molecule has 0 atom stereocenters. The molecule has 0 aliphatic rings. The number of nitrogen functional groups attached to an aromatic ring is 1. The lowest BCUT2D eigenvalue weighted by Gasteiger charge is -2.06. The van der Waals surface area contributed by atoms with Crippen molar-refractivity contribution in [2.75, 3.05) is 18.8 Å². The van der Waals surface area contributed by atoms with Gasteiger partial charge in [-0.25, -0.2) is 0 Å². The molecule has 0 fully saturated rings. The lowest BCUT2D eigenvalue weighted by Crippen LogP contribution is -2.37. The Balaban J connectivity index is 2.57. The first kappa shape index (κ1) is 12.0. The molecule has 1 heterocycles. The smallest absolute Gasteiger partial charge is 0.272 e. The van der Waals surface area contributed by atoms with Gasteiger partial charge in [0.05, 0.1) is 18.4 Å². The van der Waals surface area contributed by atoms with Crippen LogP contribution in [0.1, 0.15) is 17.4 Å². The molecule has 0 saturated heterocycles. The van der Waals surface area contributed by atoms with Gasteiger partial charge in [-0.1, -0.05) is 0 Å². The van der Waals surface area contributed by atoms with Gasteiger partial charge in [-0.15, -0.1) is 0 Å². The van der Waals surface area contributed by atoms with Crippen LogP contribution < -0.4 is 16.4 Å². The van der Waals surface area contributed by atoms with Gasteiger partial charge in [-0.3, -0.25) is 14.3 Å². The van der Waals surface area contributed by atoms with E-state index >= 15 is 0 Å². The lowest BCUT2D eigenvalue weighted by molar-refractivity contribution is -0.120. The number of aryl methyl sites for hydroxylation is 1. The van der Waals surface area contributed by atoms with E-state index in [1.807, 2.05) is 0 Å². The fourth-order valence-electron chi connectivity index (χ4n) is 1.24. The zero-order chi connectivity index (χ0) is 12.1. The Labute approximate surface area is 93.0 Å². The van der Waals surface area contributed by atoms with E-state index in [1.165, 1.54) is 10.9 Å². The van der Waals surface area contributed by atoms with Crippen molar-refractivity contribution >= 4 is 17.5 Å². The maximum Gasteiger partial charge on any atom is 0.272 e. The molecular formula is C9H15N5O2. The molecule has 0 spiro atoms. The molecule has 1 rings (SSSR count). The van der Waals surface area contributed by atoms with Gasteiger partial charge in [-0.2, -0.15) is 5.10 Å². The monoisotopic (exact) mass is 225 g/mol. The van der Waals surface area contributed by atoms with Crippen LogP contribution in [-0.2, 0) is 11.8 Å². The van der Waals surface area contributed by atoms with Gasteiger partial charge in [0, 0.05) is 13.6 Å². The molecule has 1 aromatic heterocycles. The summed E-state index contributed by atoms with van der Waals surface area (Å²) in [5, 5.41) is 8.86. The highest BCUT2D eigenvalue weighted by atomic mass is 16.2. The topological polar surface area (TPSA) is 102 Å². The standard InChI is InChI=1S/C9H15N5O2/c1-3-11-7(15)5-12-9(16)8-6(10)4-13-14(8)2/h4H,3,5,10H2,1-2H3,(H,11,15)(H,12,16). The minimum Gasteiger partial charge on any atom is -0.396 e. The summed E-state index contributed by atoms with van der Waals surface area (Å²) < 4.78 is 1.36. The molecule has 7 heteroatoms. The van der Waals surface area contributed by atoms with Gasteiger partial charge in [0.2, 0.25) is 5.91 Å². The molecule has 1 aromatic rings. The van der Waals surface area contributed by atoms with E-state index in [1.54, 1.807) is 14.0 Å². The number of carbonyl (C=O) groups is 2. The number of anilines is 1. The number of carbonyl (C=O) groups excluding carboxylic acids is 2. The average molecular weight is 225 g/mol. The highest BCUT2D eigenvalue weighted by Gasteiger charge is 2.15. The van der Waals surface area contributed by atoms with Crippen molar-refractivity contribution in [3.63, 3.8) is 0 Å². The Morgan fingerprint density at radius 2 is 2.19 bits per heavy atom. The number of nitrogens with two attached hydrogens (primary N) is 1. The summed E-state index contributed by atoms with van der Waals surface area (Å²) in [4.78, 5) is 22.7. The second-order valence-electron chi connectivity index (χ2n) is 3.21. The van der Waals surface area contributed by atoms with E-state index in [0.717, 1.165) is 0 Å². The zero-order valence-electron chi connectivity index (χ0n) is 9.28. The van der Waals surface area contributed by atoms with Crippen molar-refractivity contribution in [1.29, 1.82) is 0 Å². The van der Waals surface area contributed by atoms with E-state index < -0.39 is 5.91 Å². The average Bonchev–Trinajstić information content (AvgIpc) is 2.56. The van der Waals surface area contributed by atoms with E-state index in [9.17, 15) is 9.59 Å². The Morgan fingerprint density at radius 3 is 2.69 bits per heavy atom. The predicted molar refractivity (Wildman–Crippen MR) is 58.6 cm³/mol. The molecule has 16 heavy (non-hydrogen) atoms. The molecule has 7 nitrogen and oxygen atoms in total. The molecule has 4 N–H and O–H groups in total. The SMILES string of the molecule is CCNC(=O)CNC(=O)c1c(N)cnn1C. The summed E-state index contributed by atoms with van der Waals surface area (Å²) in [5.41, 5.74) is 6.10. The fraction of sp³-hybridized carbons (Fsp3) is 0.444. The van der Waals surface area contributed by atoms with E-state index in [2.05, 4.69) is 15.7 Å². The van der Waals surface area contributed by atoms with E-state index in [0.29, 0.717) is 6.54 Å². The van der Waals surface area contributed by atoms with Crippen LogP contribution in [0.5, 0.6) is 0 Å².